The Balaban J connectivity index is 1.75. The zero-order valence-electron chi connectivity index (χ0n) is 18.5. The summed E-state index contributed by atoms with van der Waals surface area (Å²) in [7, 11) is 0. The Hall–Kier alpha value is -2.04. The van der Waals surface area contributed by atoms with Crippen LogP contribution in [-0.2, 0) is 0 Å². The fourth-order valence-corrected chi connectivity index (χ4v) is 4.40. The van der Waals surface area contributed by atoms with E-state index in [2.05, 4.69) is 13.8 Å². The van der Waals surface area contributed by atoms with Crippen molar-refractivity contribution >= 4 is 0 Å². The van der Waals surface area contributed by atoms with Gasteiger partial charge in [-0.05, 0) is 48.8 Å². The molecule has 2 aromatic rings. The van der Waals surface area contributed by atoms with E-state index in [1.54, 1.807) is 0 Å². The first kappa shape index (κ1) is 23.6. The molecule has 0 radical (unpaired) electrons. The van der Waals surface area contributed by atoms with Gasteiger partial charge in [-0.25, -0.2) is 13.2 Å². The normalized spacial score (nSPS) is 18.9. The predicted octanol–water partition coefficient (Wildman–Crippen LogP) is 8.55. The smallest absolute Gasteiger partial charge is 0.201 e. The fourth-order valence-electron chi connectivity index (χ4n) is 4.40. The zero-order valence-corrected chi connectivity index (χ0v) is 18.5. The molecule has 5 heteroatoms. The lowest BCUT2D eigenvalue weighted by atomic mass is 9.79. The monoisotopic (exact) mass is 436 g/mol. The first-order valence-electron chi connectivity index (χ1n) is 11.5. The second-order valence-corrected chi connectivity index (χ2v) is 8.79. The molecule has 0 bridgehead atoms. The van der Waals surface area contributed by atoms with E-state index in [0.29, 0.717) is 11.5 Å². The summed E-state index contributed by atoms with van der Waals surface area (Å²) in [5.74, 6) is -4.11. The predicted molar refractivity (Wildman–Crippen MR) is 116 cm³/mol. The number of hydrogen-bond acceptors (Lipinski definition) is 1. The molecule has 3 rings (SSSR count). The highest BCUT2D eigenvalue weighted by atomic mass is 19.2. The highest BCUT2D eigenvalue weighted by Gasteiger charge is 2.26. The topological polar surface area (TPSA) is 9.23 Å². The summed E-state index contributed by atoms with van der Waals surface area (Å²) in [4.78, 5) is 0. The van der Waals surface area contributed by atoms with Crippen molar-refractivity contribution in [2.24, 2.45) is 5.92 Å². The molecule has 0 heterocycles. The van der Waals surface area contributed by atoms with Crippen LogP contribution in [0.5, 0.6) is 5.75 Å². The van der Waals surface area contributed by atoms with E-state index in [1.165, 1.54) is 24.3 Å². The molecule has 0 spiro atoms. The Morgan fingerprint density at radius 1 is 0.742 bits per heavy atom. The van der Waals surface area contributed by atoms with Crippen LogP contribution in [0.15, 0.2) is 24.3 Å². The second-order valence-electron chi connectivity index (χ2n) is 8.79. The van der Waals surface area contributed by atoms with Crippen LogP contribution in [0.3, 0.4) is 0 Å². The lowest BCUT2D eigenvalue weighted by Gasteiger charge is -2.27. The van der Waals surface area contributed by atoms with Gasteiger partial charge in [-0.2, -0.15) is 4.39 Å². The van der Waals surface area contributed by atoms with Crippen molar-refractivity contribution in [1.82, 2.24) is 0 Å². The van der Waals surface area contributed by atoms with Gasteiger partial charge in [0.05, 0.1) is 6.61 Å². The van der Waals surface area contributed by atoms with Crippen molar-refractivity contribution in [3.8, 4) is 16.9 Å². The van der Waals surface area contributed by atoms with Crippen molar-refractivity contribution in [3.63, 3.8) is 0 Å². The summed E-state index contributed by atoms with van der Waals surface area (Å²) in [6.07, 6.45) is 8.64. The SMILES string of the molecule is CCCCCCCOc1ccc(-c2ccc(C3CCC(C)CC3)c(F)c2F)c(F)c1F. The Kier molecular flexibility index (Phi) is 8.39. The van der Waals surface area contributed by atoms with Gasteiger partial charge in [0.1, 0.15) is 0 Å². The number of hydrogen-bond donors (Lipinski definition) is 0. The van der Waals surface area contributed by atoms with Gasteiger partial charge in [0, 0.05) is 11.1 Å². The van der Waals surface area contributed by atoms with Gasteiger partial charge in [0.2, 0.25) is 5.82 Å². The Morgan fingerprint density at radius 2 is 1.35 bits per heavy atom. The molecular weight excluding hydrogens is 404 g/mol. The summed E-state index contributed by atoms with van der Waals surface area (Å²) in [5.41, 5.74) is -0.238. The highest BCUT2D eigenvalue weighted by Crippen LogP contribution is 2.39. The van der Waals surface area contributed by atoms with Gasteiger partial charge in [-0.15, -0.1) is 0 Å². The van der Waals surface area contributed by atoms with E-state index in [-0.39, 0.29) is 29.4 Å². The third-order valence-electron chi connectivity index (χ3n) is 6.41. The van der Waals surface area contributed by atoms with E-state index in [0.717, 1.165) is 57.8 Å². The lowest BCUT2D eigenvalue weighted by Crippen LogP contribution is -2.13. The van der Waals surface area contributed by atoms with Crippen molar-refractivity contribution < 1.29 is 22.3 Å². The van der Waals surface area contributed by atoms with Gasteiger partial charge in [-0.1, -0.05) is 64.5 Å². The summed E-state index contributed by atoms with van der Waals surface area (Å²) < 4.78 is 64.2. The van der Waals surface area contributed by atoms with Gasteiger partial charge in [0.25, 0.3) is 0 Å². The maximum atomic E-state index is 14.8. The van der Waals surface area contributed by atoms with Crippen molar-refractivity contribution in [2.45, 2.75) is 77.6 Å². The maximum Gasteiger partial charge on any atom is 0.201 e. The van der Waals surface area contributed by atoms with Crippen LogP contribution >= 0.6 is 0 Å². The minimum absolute atomic E-state index is 0.0329. The van der Waals surface area contributed by atoms with Gasteiger partial charge in [-0.3, -0.25) is 0 Å². The molecule has 0 amide bonds. The van der Waals surface area contributed by atoms with Crippen LogP contribution in [0, 0.1) is 29.2 Å². The minimum atomic E-state index is -1.22. The molecule has 170 valence electrons. The lowest BCUT2D eigenvalue weighted by molar-refractivity contribution is 0.285. The van der Waals surface area contributed by atoms with Gasteiger partial charge < -0.3 is 4.74 Å². The van der Waals surface area contributed by atoms with Crippen LogP contribution in [-0.4, -0.2) is 6.61 Å². The molecule has 2 aromatic carbocycles. The molecule has 1 aliphatic carbocycles. The van der Waals surface area contributed by atoms with E-state index >= 15 is 0 Å². The number of benzene rings is 2. The maximum absolute atomic E-state index is 14.8. The zero-order chi connectivity index (χ0) is 22.4. The molecule has 0 unspecified atom stereocenters. The van der Waals surface area contributed by atoms with Crippen molar-refractivity contribution in [3.05, 3.63) is 53.1 Å². The molecule has 0 atom stereocenters. The molecule has 31 heavy (non-hydrogen) atoms. The molecule has 0 aliphatic heterocycles. The van der Waals surface area contributed by atoms with Crippen LogP contribution < -0.4 is 4.74 Å². The number of rotatable bonds is 9. The van der Waals surface area contributed by atoms with Crippen LogP contribution in [0.25, 0.3) is 11.1 Å². The molecule has 0 aromatic heterocycles. The Morgan fingerprint density at radius 3 is 2.03 bits per heavy atom. The molecule has 1 aliphatic rings. The highest BCUT2D eigenvalue weighted by molar-refractivity contribution is 5.66. The Labute approximate surface area is 182 Å². The molecule has 0 N–H and O–H groups in total. The minimum Gasteiger partial charge on any atom is -0.490 e. The second kappa shape index (κ2) is 11.0. The van der Waals surface area contributed by atoms with Crippen LogP contribution in [0.1, 0.15) is 83.1 Å². The van der Waals surface area contributed by atoms with Crippen molar-refractivity contribution in [2.75, 3.05) is 6.61 Å². The van der Waals surface area contributed by atoms with E-state index in [1.807, 2.05) is 0 Å². The Bertz CT molecular complexity index is 872. The molecule has 1 saturated carbocycles. The summed E-state index contributed by atoms with van der Waals surface area (Å²) >= 11 is 0. The van der Waals surface area contributed by atoms with Crippen LogP contribution in [0.4, 0.5) is 17.6 Å². The average molecular weight is 437 g/mol. The first-order chi connectivity index (χ1) is 14.9. The third kappa shape index (κ3) is 5.61. The van der Waals surface area contributed by atoms with Crippen LogP contribution in [0.2, 0.25) is 0 Å². The van der Waals surface area contributed by atoms with Gasteiger partial charge in [0.15, 0.2) is 23.2 Å². The molecule has 1 nitrogen and oxygen atoms in total. The number of ether oxygens (including phenoxy) is 1. The standard InChI is InChI=1S/C26H32F4O/c1-3-4-5-6-7-16-31-22-15-14-21(25(29)26(22)30)20-13-12-19(23(27)24(20)28)18-10-8-17(2)9-11-18/h12-15,17-18H,3-11,16H2,1-2H3. The molecule has 0 saturated heterocycles. The van der Waals surface area contributed by atoms with E-state index in [9.17, 15) is 17.6 Å². The van der Waals surface area contributed by atoms with Gasteiger partial charge >= 0.3 is 0 Å². The molecular formula is C26H32F4O. The summed E-state index contributed by atoms with van der Waals surface area (Å²) in [6.45, 7) is 4.57. The summed E-state index contributed by atoms with van der Waals surface area (Å²) in [6, 6.07) is 5.42. The van der Waals surface area contributed by atoms with Crippen molar-refractivity contribution in [1.29, 1.82) is 0 Å². The summed E-state index contributed by atoms with van der Waals surface area (Å²) in [5, 5.41) is 0. The quantitative estimate of drug-likeness (QED) is 0.283. The van der Waals surface area contributed by atoms with E-state index < -0.39 is 23.3 Å². The fraction of sp³-hybridized carbons (Fsp3) is 0.538. The third-order valence-corrected chi connectivity index (χ3v) is 6.41. The van der Waals surface area contributed by atoms with E-state index in [4.69, 9.17) is 4.74 Å². The first-order valence-corrected chi connectivity index (χ1v) is 11.5. The molecule has 1 fully saturated rings. The number of halogens is 4. The number of unbranched alkanes of at least 4 members (excludes halogenated alkanes) is 4. The average Bonchev–Trinajstić information content (AvgIpc) is 2.77. The largest absolute Gasteiger partial charge is 0.490 e.